The Morgan fingerprint density at radius 1 is 1.44 bits per heavy atom. The molecule has 1 aliphatic rings. The van der Waals surface area contributed by atoms with E-state index in [1.165, 1.54) is 25.8 Å². The van der Waals surface area contributed by atoms with Crippen molar-refractivity contribution in [1.29, 1.82) is 0 Å². The summed E-state index contributed by atoms with van der Waals surface area (Å²) in [5.41, 5.74) is 0.909. The first kappa shape index (κ1) is 13.2. The molecule has 0 aromatic carbocycles. The number of rotatable bonds is 5. The molecule has 0 amide bonds. The summed E-state index contributed by atoms with van der Waals surface area (Å²) in [7, 11) is 4.06. The smallest absolute Gasteiger partial charge is 0.232 e. The van der Waals surface area contributed by atoms with E-state index in [0.29, 0.717) is 25.1 Å². The van der Waals surface area contributed by atoms with Crippen LogP contribution in [0.3, 0.4) is 0 Å². The van der Waals surface area contributed by atoms with Crippen LogP contribution in [-0.4, -0.2) is 48.2 Å². The Bertz CT molecular complexity index is 372. The van der Waals surface area contributed by atoms with Gasteiger partial charge in [-0.15, -0.1) is 0 Å². The molecule has 1 unspecified atom stereocenters. The number of aromatic nitrogens is 2. The number of hydrogen-bond acceptors (Lipinski definition) is 5. The Hall–Kier alpha value is -1.20. The van der Waals surface area contributed by atoms with Crippen molar-refractivity contribution in [3.63, 3.8) is 0 Å². The van der Waals surface area contributed by atoms with Crippen LogP contribution in [-0.2, 0) is 6.54 Å². The minimum Gasteiger partial charge on any atom is -0.475 e. The average molecular weight is 250 g/mol. The topological polar surface area (TPSA) is 50.3 Å². The molecular weight excluding hydrogens is 228 g/mol. The normalized spacial score (nSPS) is 20.9. The molecule has 0 saturated carbocycles. The lowest BCUT2D eigenvalue weighted by Gasteiger charge is -2.31. The fraction of sp³-hybridized carbons (Fsp3) is 0.692. The molecule has 1 aliphatic heterocycles. The van der Waals surface area contributed by atoms with Crippen LogP contribution in [0.15, 0.2) is 12.4 Å². The average Bonchev–Trinajstić information content (AvgIpc) is 2.39. The number of ether oxygens (including phenoxy) is 1. The summed E-state index contributed by atoms with van der Waals surface area (Å²) in [4.78, 5) is 10.9. The summed E-state index contributed by atoms with van der Waals surface area (Å²) in [5, 5.41) is 3.06. The van der Waals surface area contributed by atoms with Crippen LogP contribution in [0.4, 0.5) is 0 Å². The maximum absolute atomic E-state index is 5.76. The minimum absolute atomic E-state index is 0.508. The molecule has 0 radical (unpaired) electrons. The second kappa shape index (κ2) is 6.66. The van der Waals surface area contributed by atoms with E-state index in [-0.39, 0.29) is 0 Å². The molecule has 2 heterocycles. The number of piperidine rings is 1. The van der Waals surface area contributed by atoms with Crippen LogP contribution in [0.25, 0.3) is 0 Å². The summed E-state index contributed by atoms with van der Waals surface area (Å²) >= 11 is 0. The van der Waals surface area contributed by atoms with E-state index in [4.69, 9.17) is 4.74 Å². The van der Waals surface area contributed by atoms with Gasteiger partial charge in [-0.1, -0.05) is 6.42 Å². The molecule has 5 nitrogen and oxygen atoms in total. The molecule has 1 aromatic heterocycles. The molecule has 1 atom stereocenters. The fourth-order valence-corrected chi connectivity index (χ4v) is 2.26. The number of likely N-dealkylation sites (tertiary alicyclic amines) is 1. The van der Waals surface area contributed by atoms with Crippen molar-refractivity contribution in [1.82, 2.24) is 20.2 Å². The zero-order valence-corrected chi connectivity index (χ0v) is 11.2. The third-order valence-corrected chi connectivity index (χ3v) is 3.37. The zero-order chi connectivity index (χ0) is 12.8. The zero-order valence-electron chi connectivity index (χ0n) is 11.2. The molecule has 1 fully saturated rings. The first-order chi connectivity index (χ1) is 8.79. The van der Waals surface area contributed by atoms with Gasteiger partial charge in [-0.05, 0) is 33.5 Å². The monoisotopic (exact) mass is 250 g/mol. The molecule has 0 spiro atoms. The van der Waals surface area contributed by atoms with Gasteiger partial charge in [0.05, 0.1) is 11.9 Å². The highest BCUT2D eigenvalue weighted by Crippen LogP contribution is 2.16. The largest absolute Gasteiger partial charge is 0.475 e. The van der Waals surface area contributed by atoms with Gasteiger partial charge in [-0.3, -0.25) is 4.98 Å². The van der Waals surface area contributed by atoms with Crippen molar-refractivity contribution in [3.05, 3.63) is 18.1 Å². The predicted octanol–water partition coefficient (Wildman–Crippen LogP) is 1.06. The summed E-state index contributed by atoms with van der Waals surface area (Å²) in [6.45, 7) is 2.58. The molecule has 1 N–H and O–H groups in total. The minimum atomic E-state index is 0.508. The van der Waals surface area contributed by atoms with E-state index in [0.717, 1.165) is 5.69 Å². The van der Waals surface area contributed by atoms with Crippen molar-refractivity contribution in [2.24, 2.45) is 0 Å². The number of hydrogen-bond donors (Lipinski definition) is 1. The van der Waals surface area contributed by atoms with Gasteiger partial charge in [0, 0.05) is 18.8 Å². The number of nitrogens with one attached hydrogen (secondary N) is 1. The van der Waals surface area contributed by atoms with Gasteiger partial charge in [0.1, 0.15) is 6.61 Å². The molecule has 1 saturated heterocycles. The van der Waals surface area contributed by atoms with Gasteiger partial charge in [-0.2, -0.15) is 0 Å². The summed E-state index contributed by atoms with van der Waals surface area (Å²) < 4.78 is 5.76. The van der Waals surface area contributed by atoms with E-state index in [2.05, 4.69) is 27.2 Å². The maximum Gasteiger partial charge on any atom is 0.232 e. The maximum atomic E-state index is 5.76. The SMILES string of the molecule is CNCc1cncc(OCC2CCCCN2C)n1. The quantitative estimate of drug-likeness (QED) is 0.847. The Labute approximate surface area is 109 Å². The van der Waals surface area contributed by atoms with Crippen LogP contribution in [0.5, 0.6) is 5.88 Å². The van der Waals surface area contributed by atoms with Crippen molar-refractivity contribution < 1.29 is 4.74 Å². The molecule has 2 rings (SSSR count). The van der Waals surface area contributed by atoms with Gasteiger partial charge in [-0.25, -0.2) is 4.98 Å². The van der Waals surface area contributed by atoms with E-state index < -0.39 is 0 Å². The lowest BCUT2D eigenvalue weighted by atomic mass is 10.0. The highest BCUT2D eigenvalue weighted by molar-refractivity contribution is 5.08. The molecular formula is C13H22N4O. The third-order valence-electron chi connectivity index (χ3n) is 3.37. The summed E-state index contributed by atoms with van der Waals surface area (Å²) in [5.74, 6) is 0.627. The predicted molar refractivity (Wildman–Crippen MR) is 70.6 cm³/mol. The summed E-state index contributed by atoms with van der Waals surface area (Å²) in [6, 6.07) is 0.508. The van der Waals surface area contributed by atoms with Crippen molar-refractivity contribution in [2.45, 2.75) is 31.8 Å². The second-order valence-corrected chi connectivity index (χ2v) is 4.82. The fourth-order valence-electron chi connectivity index (χ4n) is 2.26. The van der Waals surface area contributed by atoms with Gasteiger partial charge in [0.25, 0.3) is 0 Å². The summed E-state index contributed by atoms with van der Waals surface area (Å²) in [6.07, 6.45) is 7.24. The van der Waals surface area contributed by atoms with Crippen molar-refractivity contribution >= 4 is 0 Å². The highest BCUT2D eigenvalue weighted by atomic mass is 16.5. The van der Waals surface area contributed by atoms with E-state index in [1.54, 1.807) is 12.4 Å². The number of nitrogens with zero attached hydrogens (tertiary/aromatic N) is 3. The lowest BCUT2D eigenvalue weighted by Crippen LogP contribution is -2.40. The molecule has 100 valence electrons. The van der Waals surface area contributed by atoms with E-state index >= 15 is 0 Å². The van der Waals surface area contributed by atoms with Crippen LogP contribution < -0.4 is 10.1 Å². The Morgan fingerprint density at radius 3 is 3.11 bits per heavy atom. The van der Waals surface area contributed by atoms with Crippen molar-refractivity contribution in [2.75, 3.05) is 27.2 Å². The Morgan fingerprint density at radius 2 is 2.33 bits per heavy atom. The van der Waals surface area contributed by atoms with Crippen LogP contribution >= 0.6 is 0 Å². The number of likely N-dealkylation sites (N-methyl/N-ethyl adjacent to an activating group) is 1. The van der Waals surface area contributed by atoms with Crippen LogP contribution in [0.2, 0.25) is 0 Å². The Balaban J connectivity index is 1.87. The molecule has 0 bridgehead atoms. The second-order valence-electron chi connectivity index (χ2n) is 4.82. The van der Waals surface area contributed by atoms with Crippen LogP contribution in [0.1, 0.15) is 25.0 Å². The standard InChI is InChI=1S/C13H22N4O/c1-14-7-11-8-15-9-13(16-11)18-10-12-5-3-4-6-17(12)2/h8-9,12,14H,3-7,10H2,1-2H3. The van der Waals surface area contributed by atoms with Gasteiger partial charge in [0.15, 0.2) is 0 Å². The first-order valence-corrected chi connectivity index (χ1v) is 6.58. The van der Waals surface area contributed by atoms with Gasteiger partial charge < -0.3 is 15.0 Å². The van der Waals surface area contributed by atoms with Crippen molar-refractivity contribution in [3.8, 4) is 5.88 Å². The molecule has 18 heavy (non-hydrogen) atoms. The van der Waals surface area contributed by atoms with Gasteiger partial charge in [0.2, 0.25) is 5.88 Å². The van der Waals surface area contributed by atoms with E-state index in [1.807, 2.05) is 7.05 Å². The molecule has 0 aliphatic carbocycles. The molecule has 1 aromatic rings. The first-order valence-electron chi connectivity index (χ1n) is 6.58. The highest BCUT2D eigenvalue weighted by Gasteiger charge is 2.19. The Kier molecular flexibility index (Phi) is 4.90. The third kappa shape index (κ3) is 3.65. The van der Waals surface area contributed by atoms with Gasteiger partial charge >= 0.3 is 0 Å². The van der Waals surface area contributed by atoms with E-state index in [9.17, 15) is 0 Å². The van der Waals surface area contributed by atoms with Crippen LogP contribution in [0, 0.1) is 0 Å². The molecule has 5 heteroatoms. The lowest BCUT2D eigenvalue weighted by molar-refractivity contribution is 0.122.